The summed E-state index contributed by atoms with van der Waals surface area (Å²) < 4.78 is 2.67. The minimum atomic E-state index is -0.440. The monoisotopic (exact) mass is 399 g/mol. The van der Waals surface area contributed by atoms with Gasteiger partial charge in [-0.2, -0.15) is 0 Å². The van der Waals surface area contributed by atoms with E-state index in [2.05, 4.69) is 20.8 Å². The summed E-state index contributed by atoms with van der Waals surface area (Å²) in [7, 11) is 0. The molecular weight excluding hydrogens is 374 g/mol. The molecule has 5 nitrogen and oxygen atoms in total. The van der Waals surface area contributed by atoms with Crippen LogP contribution in [0.25, 0.3) is 16.5 Å². The van der Waals surface area contributed by atoms with Crippen molar-refractivity contribution in [1.82, 2.24) is 9.13 Å². The summed E-state index contributed by atoms with van der Waals surface area (Å²) in [5.74, 6) is 0.136. The van der Waals surface area contributed by atoms with Crippen molar-refractivity contribution in [2.24, 2.45) is 0 Å². The molecule has 0 radical (unpaired) electrons. The Kier molecular flexibility index (Phi) is 4.82. The quantitative estimate of drug-likeness (QED) is 0.564. The predicted octanol–water partition coefficient (Wildman–Crippen LogP) is 4.08. The first-order valence-corrected chi connectivity index (χ1v) is 9.95. The molecule has 152 valence electrons. The highest BCUT2D eigenvalue weighted by atomic mass is 16.2. The highest BCUT2D eigenvalue weighted by molar-refractivity contribution is 5.83. The van der Waals surface area contributed by atoms with Crippen molar-refractivity contribution in [3.63, 3.8) is 0 Å². The molecule has 0 saturated heterocycles. The van der Waals surface area contributed by atoms with Crippen molar-refractivity contribution in [2.75, 3.05) is 5.73 Å². The van der Waals surface area contributed by atoms with E-state index in [9.17, 15) is 9.59 Å². The maximum atomic E-state index is 13.4. The average Bonchev–Trinajstić information content (AvgIpc) is 2.70. The first-order valence-electron chi connectivity index (χ1n) is 9.95. The third-order valence-electron chi connectivity index (χ3n) is 5.33. The molecule has 1 aromatic heterocycles. The van der Waals surface area contributed by atoms with Gasteiger partial charge in [0.15, 0.2) is 0 Å². The van der Waals surface area contributed by atoms with Gasteiger partial charge in [-0.15, -0.1) is 0 Å². The summed E-state index contributed by atoms with van der Waals surface area (Å²) in [6.45, 7) is 6.43. The Morgan fingerprint density at radius 3 is 2.23 bits per heavy atom. The zero-order valence-corrected chi connectivity index (χ0v) is 17.4. The first kappa shape index (κ1) is 19.7. The number of hydrogen-bond donors (Lipinski definition) is 1. The standard InChI is InChI=1S/C25H25N3O2/c1-25(2,3)20-10-6-7-11-21(20)28-22(26)15-23(29)27(24(28)30)16-17-12-13-18-8-4-5-9-19(18)14-17/h4-15H,16,26H2,1-3H3. The zero-order valence-electron chi connectivity index (χ0n) is 17.4. The van der Waals surface area contributed by atoms with Crippen molar-refractivity contribution in [3.05, 3.63) is 105 Å². The van der Waals surface area contributed by atoms with Gasteiger partial charge in [0.25, 0.3) is 5.56 Å². The highest BCUT2D eigenvalue weighted by Crippen LogP contribution is 2.28. The van der Waals surface area contributed by atoms with E-state index in [1.165, 1.54) is 15.2 Å². The molecule has 0 unspecified atom stereocenters. The van der Waals surface area contributed by atoms with Gasteiger partial charge in [0.1, 0.15) is 5.82 Å². The van der Waals surface area contributed by atoms with Gasteiger partial charge in [0, 0.05) is 6.07 Å². The van der Waals surface area contributed by atoms with Crippen molar-refractivity contribution < 1.29 is 0 Å². The molecule has 0 bridgehead atoms. The molecule has 0 aliphatic rings. The Balaban J connectivity index is 1.88. The highest BCUT2D eigenvalue weighted by Gasteiger charge is 2.21. The van der Waals surface area contributed by atoms with Gasteiger partial charge in [-0.1, -0.05) is 75.4 Å². The fourth-order valence-electron chi connectivity index (χ4n) is 3.80. The van der Waals surface area contributed by atoms with E-state index in [-0.39, 0.29) is 17.8 Å². The Morgan fingerprint density at radius 1 is 0.833 bits per heavy atom. The predicted molar refractivity (Wildman–Crippen MR) is 122 cm³/mol. The van der Waals surface area contributed by atoms with Crippen molar-refractivity contribution in [3.8, 4) is 5.69 Å². The second-order valence-electron chi connectivity index (χ2n) is 8.56. The van der Waals surface area contributed by atoms with Gasteiger partial charge < -0.3 is 5.73 Å². The van der Waals surface area contributed by atoms with Gasteiger partial charge in [-0.05, 0) is 39.4 Å². The summed E-state index contributed by atoms with van der Waals surface area (Å²) in [5.41, 5.74) is 7.67. The molecule has 2 N–H and O–H groups in total. The number of nitrogen functional groups attached to an aromatic ring is 1. The van der Waals surface area contributed by atoms with Crippen molar-refractivity contribution in [2.45, 2.75) is 32.7 Å². The second-order valence-corrected chi connectivity index (χ2v) is 8.56. The number of fused-ring (bicyclic) bond motifs is 1. The number of aromatic nitrogens is 2. The van der Waals surface area contributed by atoms with Crippen LogP contribution >= 0.6 is 0 Å². The third-order valence-corrected chi connectivity index (χ3v) is 5.33. The number of hydrogen-bond acceptors (Lipinski definition) is 3. The van der Waals surface area contributed by atoms with Gasteiger partial charge >= 0.3 is 5.69 Å². The minimum Gasteiger partial charge on any atom is -0.385 e. The van der Waals surface area contributed by atoms with Crippen molar-refractivity contribution in [1.29, 1.82) is 0 Å². The van der Waals surface area contributed by atoms with Gasteiger partial charge in [-0.3, -0.25) is 9.36 Å². The lowest BCUT2D eigenvalue weighted by Gasteiger charge is -2.24. The maximum absolute atomic E-state index is 13.4. The Bertz CT molecular complexity index is 1360. The fourth-order valence-corrected chi connectivity index (χ4v) is 3.80. The number of para-hydroxylation sites is 1. The topological polar surface area (TPSA) is 70.0 Å². The number of nitrogens with zero attached hydrogens (tertiary/aromatic N) is 2. The summed E-state index contributed by atoms with van der Waals surface area (Å²) in [6, 6.07) is 22.9. The van der Waals surface area contributed by atoms with Crippen LogP contribution in [0.1, 0.15) is 31.9 Å². The lowest BCUT2D eigenvalue weighted by atomic mass is 9.85. The SMILES string of the molecule is CC(C)(C)c1ccccc1-n1c(N)cc(=O)n(Cc2ccc3ccccc3c2)c1=O. The van der Waals surface area contributed by atoms with E-state index in [4.69, 9.17) is 5.73 Å². The van der Waals surface area contributed by atoms with Gasteiger partial charge in [0.2, 0.25) is 0 Å². The van der Waals surface area contributed by atoms with E-state index in [0.29, 0.717) is 5.69 Å². The van der Waals surface area contributed by atoms with Crippen LogP contribution in [0.4, 0.5) is 5.82 Å². The normalized spacial score (nSPS) is 11.7. The molecule has 0 aliphatic carbocycles. The molecule has 0 aliphatic heterocycles. The number of nitrogens with two attached hydrogens (primary N) is 1. The molecule has 0 amide bonds. The lowest BCUT2D eigenvalue weighted by molar-refractivity contribution is 0.582. The molecule has 0 fully saturated rings. The largest absolute Gasteiger partial charge is 0.385 e. The Morgan fingerprint density at radius 2 is 1.50 bits per heavy atom. The van der Waals surface area contributed by atoms with Crippen LogP contribution < -0.4 is 17.0 Å². The second kappa shape index (κ2) is 7.34. The molecule has 30 heavy (non-hydrogen) atoms. The summed E-state index contributed by atoms with van der Waals surface area (Å²) in [5, 5.41) is 2.18. The van der Waals surface area contributed by atoms with Crippen LogP contribution in [0, 0.1) is 0 Å². The molecule has 5 heteroatoms. The molecule has 4 rings (SSSR count). The molecule has 3 aromatic carbocycles. The summed E-state index contributed by atoms with van der Waals surface area (Å²) in [6.07, 6.45) is 0. The minimum absolute atomic E-state index is 0.136. The van der Waals surface area contributed by atoms with Crippen LogP contribution in [0.15, 0.2) is 82.4 Å². The first-order chi connectivity index (χ1) is 14.3. The molecule has 0 atom stereocenters. The van der Waals surface area contributed by atoms with Crippen LogP contribution in [0.2, 0.25) is 0 Å². The van der Waals surface area contributed by atoms with Gasteiger partial charge in [-0.25, -0.2) is 9.36 Å². The number of anilines is 1. The van der Waals surface area contributed by atoms with Crippen LogP contribution in [-0.4, -0.2) is 9.13 Å². The molecule has 1 heterocycles. The van der Waals surface area contributed by atoms with E-state index in [1.807, 2.05) is 66.7 Å². The average molecular weight is 399 g/mol. The molecule has 0 spiro atoms. The van der Waals surface area contributed by atoms with Gasteiger partial charge in [0.05, 0.1) is 12.2 Å². The van der Waals surface area contributed by atoms with E-state index in [1.54, 1.807) is 0 Å². The Labute approximate surface area is 175 Å². The van der Waals surface area contributed by atoms with E-state index < -0.39 is 11.2 Å². The smallest absolute Gasteiger partial charge is 0.337 e. The van der Waals surface area contributed by atoms with E-state index in [0.717, 1.165) is 21.9 Å². The molecular formula is C25H25N3O2. The Hall–Kier alpha value is -3.60. The fraction of sp³-hybridized carbons (Fsp3) is 0.200. The number of benzene rings is 3. The molecule has 4 aromatic rings. The van der Waals surface area contributed by atoms with Crippen LogP contribution in [0.5, 0.6) is 0 Å². The molecule has 0 saturated carbocycles. The number of rotatable bonds is 3. The maximum Gasteiger partial charge on any atom is 0.337 e. The third kappa shape index (κ3) is 3.54. The van der Waals surface area contributed by atoms with Crippen molar-refractivity contribution >= 4 is 16.6 Å². The lowest BCUT2D eigenvalue weighted by Crippen LogP contribution is -2.40. The van der Waals surface area contributed by atoms with Crippen LogP contribution in [-0.2, 0) is 12.0 Å². The van der Waals surface area contributed by atoms with Crippen LogP contribution in [0.3, 0.4) is 0 Å². The summed E-state index contributed by atoms with van der Waals surface area (Å²) >= 11 is 0. The summed E-state index contributed by atoms with van der Waals surface area (Å²) in [4.78, 5) is 26.1. The zero-order chi connectivity index (χ0) is 21.5. The van der Waals surface area contributed by atoms with E-state index >= 15 is 0 Å².